The van der Waals surface area contributed by atoms with Gasteiger partial charge in [0.05, 0.1) is 17.7 Å². The average molecular weight is 351 g/mol. The number of likely N-dealkylation sites (tertiary alicyclic amines) is 1. The van der Waals surface area contributed by atoms with Gasteiger partial charge in [-0.3, -0.25) is 10.1 Å². The van der Waals surface area contributed by atoms with E-state index >= 15 is 0 Å². The Labute approximate surface area is 147 Å². The summed E-state index contributed by atoms with van der Waals surface area (Å²) >= 11 is 0. The number of amides is 1. The predicted molar refractivity (Wildman–Crippen MR) is 94.1 cm³/mol. The van der Waals surface area contributed by atoms with E-state index in [9.17, 15) is 14.9 Å². The largest absolute Gasteiger partial charge is 0.495 e. The Morgan fingerprint density at radius 1 is 1.40 bits per heavy atom. The van der Waals surface area contributed by atoms with Crippen molar-refractivity contribution in [2.24, 2.45) is 0 Å². The number of nitro groups is 1. The Balaban J connectivity index is 2.08. The molecule has 1 N–H and O–H groups in total. The summed E-state index contributed by atoms with van der Waals surface area (Å²) < 4.78 is 10.7. The van der Waals surface area contributed by atoms with Crippen LogP contribution in [-0.4, -0.2) is 47.8 Å². The number of rotatable bonds is 4. The summed E-state index contributed by atoms with van der Waals surface area (Å²) in [5.41, 5.74) is -0.00313. The molecule has 1 aliphatic heterocycles. The van der Waals surface area contributed by atoms with Gasteiger partial charge in [-0.2, -0.15) is 0 Å². The van der Waals surface area contributed by atoms with Crippen LogP contribution in [0.1, 0.15) is 33.6 Å². The van der Waals surface area contributed by atoms with Crippen molar-refractivity contribution in [1.82, 2.24) is 4.90 Å². The summed E-state index contributed by atoms with van der Waals surface area (Å²) in [7, 11) is 1.51. The minimum Gasteiger partial charge on any atom is -0.495 e. The number of nitro benzene ring substituents is 1. The number of methoxy groups -OCH3 is 1. The molecule has 1 unspecified atom stereocenters. The van der Waals surface area contributed by atoms with Crippen LogP contribution in [0, 0.1) is 10.1 Å². The molecular formula is C17H25N3O5. The maximum absolute atomic E-state index is 12.2. The van der Waals surface area contributed by atoms with Crippen molar-refractivity contribution in [3.05, 3.63) is 28.3 Å². The number of nitrogens with one attached hydrogen (secondary N) is 1. The van der Waals surface area contributed by atoms with Gasteiger partial charge in [0.25, 0.3) is 5.69 Å². The number of hydrogen-bond donors (Lipinski definition) is 1. The summed E-state index contributed by atoms with van der Waals surface area (Å²) in [5.74, 6) is 0.528. The van der Waals surface area contributed by atoms with Crippen molar-refractivity contribution in [2.75, 3.05) is 25.5 Å². The zero-order valence-electron chi connectivity index (χ0n) is 15.1. The molecule has 0 spiro atoms. The summed E-state index contributed by atoms with van der Waals surface area (Å²) in [4.78, 5) is 24.4. The summed E-state index contributed by atoms with van der Waals surface area (Å²) in [6.07, 6.45) is 1.34. The molecule has 8 heteroatoms. The van der Waals surface area contributed by atoms with Crippen LogP contribution in [-0.2, 0) is 4.74 Å². The number of carbonyl (C=O) groups is 1. The van der Waals surface area contributed by atoms with Gasteiger partial charge in [0.2, 0.25) is 0 Å². The normalized spacial score (nSPS) is 17.8. The van der Waals surface area contributed by atoms with E-state index in [0.717, 1.165) is 12.8 Å². The highest BCUT2D eigenvalue weighted by atomic mass is 16.6. The molecule has 1 saturated heterocycles. The molecule has 25 heavy (non-hydrogen) atoms. The third kappa shape index (κ3) is 5.23. The van der Waals surface area contributed by atoms with Crippen molar-refractivity contribution in [3.8, 4) is 5.75 Å². The summed E-state index contributed by atoms with van der Waals surface area (Å²) in [6.45, 7) is 6.61. The molecule has 1 aromatic rings. The molecule has 1 fully saturated rings. The molecule has 8 nitrogen and oxygen atoms in total. The minimum atomic E-state index is -0.541. The lowest BCUT2D eigenvalue weighted by Gasteiger charge is -2.35. The zero-order valence-corrected chi connectivity index (χ0v) is 15.1. The van der Waals surface area contributed by atoms with Crippen molar-refractivity contribution in [1.29, 1.82) is 0 Å². The maximum Gasteiger partial charge on any atom is 0.410 e. The highest BCUT2D eigenvalue weighted by Gasteiger charge is 2.28. The monoisotopic (exact) mass is 351 g/mol. The first-order valence-electron chi connectivity index (χ1n) is 8.26. The van der Waals surface area contributed by atoms with Gasteiger partial charge < -0.3 is 19.7 Å². The number of hydrogen-bond acceptors (Lipinski definition) is 6. The fourth-order valence-electron chi connectivity index (χ4n) is 2.73. The van der Waals surface area contributed by atoms with E-state index in [1.807, 2.05) is 20.8 Å². The molecule has 2 rings (SSSR count). The van der Waals surface area contributed by atoms with Gasteiger partial charge >= 0.3 is 6.09 Å². The molecule has 1 amide bonds. The van der Waals surface area contributed by atoms with Crippen molar-refractivity contribution in [3.63, 3.8) is 0 Å². The van der Waals surface area contributed by atoms with E-state index in [1.54, 1.807) is 11.0 Å². The SMILES string of the molecule is COc1ccc([N+](=O)[O-])cc1NC1CCCN(C(=O)OC(C)(C)C)C1. The van der Waals surface area contributed by atoms with Crippen LogP contribution >= 0.6 is 0 Å². The van der Waals surface area contributed by atoms with Crippen LogP contribution in [0.2, 0.25) is 0 Å². The lowest BCUT2D eigenvalue weighted by molar-refractivity contribution is -0.384. The lowest BCUT2D eigenvalue weighted by Crippen LogP contribution is -2.47. The van der Waals surface area contributed by atoms with Crippen LogP contribution in [0.5, 0.6) is 5.75 Å². The van der Waals surface area contributed by atoms with Crippen LogP contribution < -0.4 is 10.1 Å². The number of anilines is 1. The van der Waals surface area contributed by atoms with E-state index < -0.39 is 10.5 Å². The number of nitrogens with zero attached hydrogens (tertiary/aromatic N) is 2. The second kappa shape index (κ2) is 7.58. The molecule has 1 atom stereocenters. The van der Waals surface area contributed by atoms with Gasteiger partial charge in [-0.1, -0.05) is 0 Å². The van der Waals surface area contributed by atoms with Gasteiger partial charge in [-0.15, -0.1) is 0 Å². The molecule has 1 aliphatic rings. The van der Waals surface area contributed by atoms with E-state index in [2.05, 4.69) is 5.32 Å². The molecule has 0 bridgehead atoms. The number of carbonyl (C=O) groups excluding carboxylic acids is 1. The lowest BCUT2D eigenvalue weighted by atomic mass is 10.1. The second-order valence-electron chi connectivity index (χ2n) is 7.05. The number of ether oxygens (including phenoxy) is 2. The Morgan fingerprint density at radius 3 is 2.72 bits per heavy atom. The highest BCUT2D eigenvalue weighted by Crippen LogP contribution is 2.30. The Hall–Kier alpha value is -2.51. The molecule has 0 aromatic heterocycles. The second-order valence-corrected chi connectivity index (χ2v) is 7.05. The standard InChI is InChI=1S/C17H25N3O5/c1-17(2,3)25-16(21)19-9-5-6-12(11-19)18-14-10-13(20(22)23)7-8-15(14)24-4/h7-8,10,12,18H,5-6,9,11H2,1-4H3. The first-order chi connectivity index (χ1) is 11.7. The Morgan fingerprint density at radius 2 is 2.12 bits per heavy atom. The topological polar surface area (TPSA) is 93.9 Å². The average Bonchev–Trinajstić information content (AvgIpc) is 2.53. The first kappa shape index (κ1) is 18.8. The fraction of sp³-hybridized carbons (Fsp3) is 0.588. The van der Waals surface area contributed by atoms with E-state index in [1.165, 1.54) is 19.2 Å². The van der Waals surface area contributed by atoms with Gasteiger partial charge in [-0.05, 0) is 39.7 Å². The van der Waals surface area contributed by atoms with E-state index in [-0.39, 0.29) is 17.8 Å². The van der Waals surface area contributed by atoms with E-state index in [4.69, 9.17) is 9.47 Å². The van der Waals surface area contributed by atoms with Crippen molar-refractivity contribution < 1.29 is 19.2 Å². The first-order valence-corrected chi connectivity index (χ1v) is 8.26. The van der Waals surface area contributed by atoms with Crippen LogP contribution in [0.3, 0.4) is 0 Å². The fourth-order valence-corrected chi connectivity index (χ4v) is 2.73. The minimum absolute atomic E-state index is 0.0110. The maximum atomic E-state index is 12.2. The zero-order chi connectivity index (χ0) is 18.6. The van der Waals surface area contributed by atoms with Gasteiger partial charge in [-0.25, -0.2) is 4.79 Å². The van der Waals surface area contributed by atoms with Gasteiger partial charge in [0, 0.05) is 31.3 Å². The third-order valence-electron chi connectivity index (χ3n) is 3.83. The van der Waals surface area contributed by atoms with E-state index in [0.29, 0.717) is 24.5 Å². The van der Waals surface area contributed by atoms with Crippen LogP contribution in [0.15, 0.2) is 18.2 Å². The van der Waals surface area contributed by atoms with Gasteiger partial charge in [0.1, 0.15) is 11.4 Å². The van der Waals surface area contributed by atoms with Crippen LogP contribution in [0.25, 0.3) is 0 Å². The number of benzene rings is 1. The van der Waals surface area contributed by atoms with Crippen molar-refractivity contribution >= 4 is 17.5 Å². The Bertz CT molecular complexity index is 642. The number of non-ortho nitro benzene ring substituents is 1. The summed E-state index contributed by atoms with van der Waals surface area (Å²) in [5, 5.41) is 14.3. The quantitative estimate of drug-likeness (QED) is 0.660. The predicted octanol–water partition coefficient (Wildman–Crippen LogP) is 3.41. The Kier molecular flexibility index (Phi) is 5.71. The number of piperidine rings is 1. The van der Waals surface area contributed by atoms with Gasteiger partial charge in [0.15, 0.2) is 0 Å². The van der Waals surface area contributed by atoms with Crippen molar-refractivity contribution in [2.45, 2.75) is 45.3 Å². The molecule has 1 heterocycles. The molecule has 0 saturated carbocycles. The molecule has 138 valence electrons. The molecule has 1 aromatic carbocycles. The van der Waals surface area contributed by atoms with Crippen LogP contribution in [0.4, 0.5) is 16.2 Å². The molecule has 0 radical (unpaired) electrons. The third-order valence-corrected chi connectivity index (χ3v) is 3.83. The smallest absolute Gasteiger partial charge is 0.410 e. The summed E-state index contributed by atoms with van der Waals surface area (Å²) in [6, 6.07) is 4.38. The molecular weight excluding hydrogens is 326 g/mol. The highest BCUT2D eigenvalue weighted by molar-refractivity contribution is 5.68. The molecule has 0 aliphatic carbocycles.